The fourth-order valence-corrected chi connectivity index (χ4v) is 3.61. The second kappa shape index (κ2) is 9.73. The smallest absolute Gasteiger partial charge is 0.0962 e. The van der Waals surface area contributed by atoms with E-state index in [4.69, 9.17) is 0 Å². The fourth-order valence-electron chi connectivity index (χ4n) is 3.61. The van der Waals surface area contributed by atoms with Gasteiger partial charge >= 0.3 is 0 Å². The first-order valence-corrected chi connectivity index (χ1v) is 9.95. The molecule has 0 radical (unpaired) electrons. The van der Waals surface area contributed by atoms with Crippen molar-refractivity contribution in [2.24, 2.45) is 5.92 Å². The molecule has 0 heterocycles. The van der Waals surface area contributed by atoms with Crippen LogP contribution in [0.2, 0.25) is 0 Å². The number of unbranched alkanes of at least 4 members (excludes halogenated alkanes) is 1. The first-order chi connectivity index (χ1) is 12.5. The highest BCUT2D eigenvalue weighted by Crippen LogP contribution is 2.36. The van der Waals surface area contributed by atoms with Crippen LogP contribution in [0.1, 0.15) is 63.1 Å². The van der Waals surface area contributed by atoms with Crippen LogP contribution < -0.4 is 0 Å². The number of hydrogen-bond acceptors (Lipinski definition) is 1. The molecule has 1 N–H and O–H groups in total. The topological polar surface area (TPSA) is 20.2 Å². The van der Waals surface area contributed by atoms with Gasteiger partial charge < -0.3 is 5.11 Å². The maximum absolute atomic E-state index is 11.8. The summed E-state index contributed by atoms with van der Waals surface area (Å²) in [7, 11) is 0. The number of benzene rings is 2. The molecule has 0 saturated carbocycles. The van der Waals surface area contributed by atoms with E-state index in [-0.39, 0.29) is 5.92 Å². The highest BCUT2D eigenvalue weighted by molar-refractivity contribution is 5.30. The lowest BCUT2D eigenvalue weighted by atomic mass is 9.75. The summed E-state index contributed by atoms with van der Waals surface area (Å²) in [5.74, 6) is 0.195. The van der Waals surface area contributed by atoms with Crippen molar-refractivity contribution in [2.45, 2.75) is 64.9 Å². The molecule has 0 bridgehead atoms. The summed E-state index contributed by atoms with van der Waals surface area (Å²) in [5.41, 5.74) is 3.93. The van der Waals surface area contributed by atoms with Gasteiger partial charge in [0, 0.05) is 6.42 Å². The normalized spacial score (nSPS) is 14.6. The molecule has 2 aromatic rings. The second-order valence-corrected chi connectivity index (χ2v) is 7.74. The molecule has 2 aromatic carbocycles. The van der Waals surface area contributed by atoms with Crippen LogP contribution in [-0.4, -0.2) is 5.11 Å². The monoisotopic (exact) mass is 350 g/mol. The van der Waals surface area contributed by atoms with Crippen LogP contribution in [0.25, 0.3) is 0 Å². The van der Waals surface area contributed by atoms with E-state index < -0.39 is 5.60 Å². The molecular weight excluding hydrogens is 316 g/mol. The summed E-state index contributed by atoms with van der Waals surface area (Å²) >= 11 is 0. The van der Waals surface area contributed by atoms with Crippen LogP contribution in [0.15, 0.2) is 66.7 Å². The van der Waals surface area contributed by atoms with Crippen molar-refractivity contribution in [2.75, 3.05) is 0 Å². The van der Waals surface area contributed by atoms with E-state index in [1.165, 1.54) is 16.7 Å². The van der Waals surface area contributed by atoms with Gasteiger partial charge in [0.25, 0.3) is 0 Å². The number of aryl methyl sites for hydroxylation is 1. The maximum Gasteiger partial charge on any atom is 0.0962 e. The van der Waals surface area contributed by atoms with E-state index in [2.05, 4.69) is 63.7 Å². The molecular formula is C25H34O. The summed E-state index contributed by atoms with van der Waals surface area (Å²) in [6.45, 7) is 10.4. The zero-order valence-corrected chi connectivity index (χ0v) is 16.7. The lowest BCUT2D eigenvalue weighted by Gasteiger charge is -2.35. The number of rotatable bonds is 10. The highest BCUT2D eigenvalue weighted by Gasteiger charge is 2.35. The van der Waals surface area contributed by atoms with Crippen molar-refractivity contribution in [3.05, 3.63) is 83.4 Å². The van der Waals surface area contributed by atoms with Gasteiger partial charge in [-0.2, -0.15) is 0 Å². The largest absolute Gasteiger partial charge is 0.385 e. The summed E-state index contributed by atoms with van der Waals surface area (Å²) in [5, 5.41) is 11.8. The van der Waals surface area contributed by atoms with Crippen molar-refractivity contribution in [3.63, 3.8) is 0 Å². The first-order valence-electron chi connectivity index (χ1n) is 9.95. The Hall–Kier alpha value is -1.86. The standard InChI is InChI=1S/C25H34O/c1-5-22-15-17-24(18-16-22)25(26,19-23-13-7-6-8-14-23)21(4)12-10-9-11-20(2)3/h6-8,13-18,21,26H,2,5,9-12,19H2,1,3-4H3. The van der Waals surface area contributed by atoms with Crippen molar-refractivity contribution in [3.8, 4) is 0 Å². The molecule has 0 saturated heterocycles. The predicted molar refractivity (Wildman–Crippen MR) is 112 cm³/mol. The van der Waals surface area contributed by atoms with Crippen LogP contribution >= 0.6 is 0 Å². The summed E-state index contributed by atoms with van der Waals surface area (Å²) < 4.78 is 0. The Balaban J connectivity index is 2.20. The minimum Gasteiger partial charge on any atom is -0.385 e. The summed E-state index contributed by atoms with van der Waals surface area (Å²) in [6.07, 6.45) is 6.05. The third-order valence-corrected chi connectivity index (χ3v) is 5.48. The number of hydrogen-bond donors (Lipinski definition) is 1. The van der Waals surface area contributed by atoms with Crippen LogP contribution in [0.3, 0.4) is 0 Å². The lowest BCUT2D eigenvalue weighted by molar-refractivity contribution is -0.0212. The molecule has 1 nitrogen and oxygen atoms in total. The van der Waals surface area contributed by atoms with Crippen molar-refractivity contribution >= 4 is 0 Å². The average molecular weight is 351 g/mol. The Morgan fingerprint density at radius 2 is 1.65 bits per heavy atom. The summed E-state index contributed by atoms with van der Waals surface area (Å²) in [6, 6.07) is 18.9. The van der Waals surface area contributed by atoms with Crippen LogP contribution in [0.5, 0.6) is 0 Å². The number of aliphatic hydroxyl groups is 1. The third kappa shape index (κ3) is 5.57. The van der Waals surface area contributed by atoms with Crippen molar-refractivity contribution < 1.29 is 5.11 Å². The molecule has 0 aliphatic rings. The predicted octanol–water partition coefficient (Wildman–Crippen LogP) is 6.45. The lowest BCUT2D eigenvalue weighted by Crippen LogP contribution is -2.36. The summed E-state index contributed by atoms with van der Waals surface area (Å²) in [4.78, 5) is 0. The minimum absolute atomic E-state index is 0.195. The molecule has 2 atom stereocenters. The minimum atomic E-state index is -0.836. The first kappa shape index (κ1) is 20.5. The van der Waals surface area contributed by atoms with Crippen LogP contribution in [0.4, 0.5) is 0 Å². The Bertz CT molecular complexity index is 671. The van der Waals surface area contributed by atoms with Crippen molar-refractivity contribution in [1.29, 1.82) is 0 Å². The van der Waals surface area contributed by atoms with E-state index in [1.54, 1.807) is 0 Å². The second-order valence-electron chi connectivity index (χ2n) is 7.74. The quantitative estimate of drug-likeness (QED) is 0.385. The maximum atomic E-state index is 11.8. The van der Waals surface area contributed by atoms with Gasteiger partial charge in [0.05, 0.1) is 5.60 Å². The molecule has 0 fully saturated rings. The highest BCUT2D eigenvalue weighted by atomic mass is 16.3. The van der Waals surface area contributed by atoms with Gasteiger partial charge in [0.2, 0.25) is 0 Å². The third-order valence-electron chi connectivity index (χ3n) is 5.48. The SMILES string of the molecule is C=C(C)CCCCC(C)C(O)(Cc1ccccc1)c1ccc(CC)cc1. The molecule has 0 aliphatic heterocycles. The van der Waals surface area contributed by atoms with E-state index in [0.717, 1.165) is 37.7 Å². The van der Waals surface area contributed by atoms with Gasteiger partial charge in [-0.05, 0) is 55.2 Å². The fraction of sp³-hybridized carbons (Fsp3) is 0.440. The van der Waals surface area contributed by atoms with Gasteiger partial charge in [-0.15, -0.1) is 6.58 Å². The molecule has 1 heteroatoms. The van der Waals surface area contributed by atoms with E-state index >= 15 is 0 Å². The average Bonchev–Trinajstić information content (AvgIpc) is 2.65. The van der Waals surface area contributed by atoms with Gasteiger partial charge in [-0.3, -0.25) is 0 Å². The Morgan fingerprint density at radius 3 is 2.23 bits per heavy atom. The molecule has 0 aliphatic carbocycles. The van der Waals surface area contributed by atoms with Crippen LogP contribution in [-0.2, 0) is 18.4 Å². The molecule has 0 spiro atoms. The Labute approximate surface area is 159 Å². The zero-order valence-electron chi connectivity index (χ0n) is 16.7. The van der Waals surface area contributed by atoms with Gasteiger partial charge in [-0.25, -0.2) is 0 Å². The van der Waals surface area contributed by atoms with E-state index in [1.807, 2.05) is 18.2 Å². The Morgan fingerprint density at radius 1 is 1.00 bits per heavy atom. The molecule has 26 heavy (non-hydrogen) atoms. The molecule has 2 rings (SSSR count). The van der Waals surface area contributed by atoms with Gasteiger partial charge in [0.1, 0.15) is 0 Å². The van der Waals surface area contributed by atoms with Crippen LogP contribution in [0, 0.1) is 5.92 Å². The molecule has 0 aromatic heterocycles. The zero-order chi connectivity index (χ0) is 19.0. The van der Waals surface area contributed by atoms with E-state index in [0.29, 0.717) is 6.42 Å². The van der Waals surface area contributed by atoms with Gasteiger partial charge in [-0.1, -0.05) is 80.4 Å². The van der Waals surface area contributed by atoms with E-state index in [9.17, 15) is 5.11 Å². The molecule has 140 valence electrons. The molecule has 0 amide bonds. The van der Waals surface area contributed by atoms with Gasteiger partial charge in [0.15, 0.2) is 0 Å². The number of allylic oxidation sites excluding steroid dienone is 1. The van der Waals surface area contributed by atoms with Crippen molar-refractivity contribution in [1.82, 2.24) is 0 Å². The molecule has 2 unspecified atom stereocenters. The Kier molecular flexibility index (Phi) is 7.66.